The van der Waals surface area contributed by atoms with Gasteiger partial charge in [0.1, 0.15) is 0 Å². The Morgan fingerprint density at radius 3 is 2.40 bits per heavy atom. The van der Waals surface area contributed by atoms with E-state index < -0.39 is 11.2 Å². The average molecular weight is 212 g/mol. The lowest BCUT2D eigenvalue weighted by molar-refractivity contribution is 0.180. The smallest absolute Gasteiger partial charge is 0.329 e. The Morgan fingerprint density at radius 1 is 1.40 bits per heavy atom. The first-order chi connectivity index (χ1) is 6.86. The highest BCUT2D eigenvalue weighted by Gasteiger charge is 2.18. The third-order valence-corrected chi connectivity index (χ3v) is 1.96. The normalized spacial score (nSPS) is 11.7. The third kappa shape index (κ3) is 2.56. The highest BCUT2D eigenvalue weighted by atomic mass is 16.5. The quantitative estimate of drug-likeness (QED) is 0.773. The molecule has 0 fully saturated rings. The standard InChI is InChI=1S/C10H16N2O3/c1-10(2,3)12-8(13)5-7(6-15-4)11-9(12)14/h5H,6H2,1-4H3,(H,11,14). The molecule has 0 unspecified atom stereocenters. The number of rotatable bonds is 2. The molecule has 5 nitrogen and oxygen atoms in total. The van der Waals surface area contributed by atoms with E-state index >= 15 is 0 Å². The van der Waals surface area contributed by atoms with Crippen LogP contribution in [0.3, 0.4) is 0 Å². The van der Waals surface area contributed by atoms with E-state index in [1.165, 1.54) is 17.7 Å². The number of methoxy groups -OCH3 is 1. The Hall–Kier alpha value is -1.36. The van der Waals surface area contributed by atoms with Crippen molar-refractivity contribution >= 4 is 0 Å². The lowest BCUT2D eigenvalue weighted by Gasteiger charge is -2.20. The van der Waals surface area contributed by atoms with Crippen LogP contribution in [0.4, 0.5) is 0 Å². The van der Waals surface area contributed by atoms with Crippen LogP contribution in [-0.2, 0) is 16.9 Å². The molecule has 1 heterocycles. The fourth-order valence-corrected chi connectivity index (χ4v) is 1.41. The van der Waals surface area contributed by atoms with E-state index in [0.29, 0.717) is 5.69 Å². The maximum atomic E-state index is 11.7. The van der Waals surface area contributed by atoms with Crippen molar-refractivity contribution < 1.29 is 4.74 Å². The van der Waals surface area contributed by atoms with Crippen molar-refractivity contribution in [2.24, 2.45) is 0 Å². The zero-order chi connectivity index (χ0) is 11.6. The monoisotopic (exact) mass is 212 g/mol. The second-order valence-electron chi connectivity index (χ2n) is 4.38. The topological polar surface area (TPSA) is 64.1 Å². The Labute approximate surface area is 87.7 Å². The summed E-state index contributed by atoms with van der Waals surface area (Å²) in [4.78, 5) is 25.9. The first-order valence-corrected chi connectivity index (χ1v) is 4.71. The molecular formula is C10H16N2O3. The van der Waals surface area contributed by atoms with Gasteiger partial charge in [-0.15, -0.1) is 0 Å². The summed E-state index contributed by atoms with van der Waals surface area (Å²) in [5, 5.41) is 0. The zero-order valence-corrected chi connectivity index (χ0v) is 9.46. The summed E-state index contributed by atoms with van der Waals surface area (Å²) < 4.78 is 6.03. The summed E-state index contributed by atoms with van der Waals surface area (Å²) in [5.41, 5.74) is -0.732. The zero-order valence-electron chi connectivity index (χ0n) is 9.46. The van der Waals surface area contributed by atoms with E-state index in [1.807, 2.05) is 0 Å². The van der Waals surface area contributed by atoms with Gasteiger partial charge < -0.3 is 9.72 Å². The minimum Gasteiger partial charge on any atom is -0.378 e. The van der Waals surface area contributed by atoms with E-state index in [9.17, 15) is 9.59 Å². The summed E-state index contributed by atoms with van der Waals surface area (Å²) in [6, 6.07) is 1.39. The molecule has 1 rings (SSSR count). The maximum Gasteiger partial charge on any atom is 0.329 e. The van der Waals surface area contributed by atoms with Crippen molar-refractivity contribution in [2.45, 2.75) is 32.9 Å². The molecule has 0 saturated heterocycles. The van der Waals surface area contributed by atoms with Gasteiger partial charge in [-0.3, -0.25) is 9.36 Å². The van der Waals surface area contributed by atoms with E-state index in [-0.39, 0.29) is 12.2 Å². The van der Waals surface area contributed by atoms with E-state index in [0.717, 1.165) is 0 Å². The lowest BCUT2D eigenvalue weighted by Crippen LogP contribution is -2.44. The molecule has 0 atom stereocenters. The largest absolute Gasteiger partial charge is 0.378 e. The number of ether oxygens (including phenoxy) is 1. The number of aromatic amines is 1. The fraction of sp³-hybridized carbons (Fsp3) is 0.600. The molecule has 84 valence electrons. The second kappa shape index (κ2) is 4.02. The van der Waals surface area contributed by atoms with Gasteiger partial charge in [-0.05, 0) is 20.8 Å². The van der Waals surface area contributed by atoms with Gasteiger partial charge in [-0.25, -0.2) is 4.79 Å². The molecule has 0 saturated carbocycles. The van der Waals surface area contributed by atoms with Crippen LogP contribution < -0.4 is 11.2 Å². The van der Waals surface area contributed by atoms with Crippen LogP contribution >= 0.6 is 0 Å². The Kier molecular flexibility index (Phi) is 3.14. The number of hydrogen-bond acceptors (Lipinski definition) is 3. The molecule has 0 radical (unpaired) electrons. The van der Waals surface area contributed by atoms with Gasteiger partial charge in [0.15, 0.2) is 0 Å². The van der Waals surface area contributed by atoms with Gasteiger partial charge in [-0.1, -0.05) is 0 Å². The Morgan fingerprint density at radius 2 is 2.00 bits per heavy atom. The minimum atomic E-state index is -0.518. The van der Waals surface area contributed by atoms with Crippen molar-refractivity contribution in [3.8, 4) is 0 Å². The second-order valence-corrected chi connectivity index (χ2v) is 4.38. The summed E-state index contributed by atoms with van der Waals surface area (Å²) in [5.74, 6) is 0. The highest BCUT2D eigenvalue weighted by molar-refractivity contribution is 5.00. The van der Waals surface area contributed by atoms with Crippen LogP contribution in [0.1, 0.15) is 26.5 Å². The van der Waals surface area contributed by atoms with Crippen molar-refractivity contribution in [2.75, 3.05) is 7.11 Å². The van der Waals surface area contributed by atoms with Crippen molar-refractivity contribution in [3.63, 3.8) is 0 Å². The first kappa shape index (κ1) is 11.7. The molecule has 0 spiro atoms. The molecular weight excluding hydrogens is 196 g/mol. The van der Waals surface area contributed by atoms with Gasteiger partial charge in [0, 0.05) is 18.7 Å². The minimum absolute atomic E-state index is 0.232. The Balaban J connectivity index is 3.35. The predicted molar refractivity (Wildman–Crippen MR) is 57.0 cm³/mol. The number of hydrogen-bond donors (Lipinski definition) is 1. The molecule has 1 aromatic rings. The average Bonchev–Trinajstić information content (AvgIpc) is 1.99. The maximum absolute atomic E-state index is 11.7. The van der Waals surface area contributed by atoms with E-state index in [1.54, 1.807) is 20.8 Å². The molecule has 1 N–H and O–H groups in total. The van der Waals surface area contributed by atoms with Gasteiger partial charge in [0.25, 0.3) is 5.56 Å². The van der Waals surface area contributed by atoms with Crippen LogP contribution in [0.5, 0.6) is 0 Å². The van der Waals surface area contributed by atoms with Crippen molar-refractivity contribution in [1.29, 1.82) is 0 Å². The van der Waals surface area contributed by atoms with Crippen LogP contribution in [0.2, 0.25) is 0 Å². The number of nitrogens with one attached hydrogen (secondary N) is 1. The molecule has 0 aliphatic rings. The number of nitrogens with zero attached hydrogens (tertiary/aromatic N) is 1. The molecule has 0 bridgehead atoms. The van der Waals surface area contributed by atoms with Crippen LogP contribution in [-0.4, -0.2) is 16.7 Å². The third-order valence-electron chi connectivity index (χ3n) is 1.96. The highest BCUT2D eigenvalue weighted by Crippen LogP contribution is 2.06. The van der Waals surface area contributed by atoms with Crippen LogP contribution in [0, 0.1) is 0 Å². The Bertz CT molecular complexity index is 420. The van der Waals surface area contributed by atoms with E-state index in [2.05, 4.69) is 4.98 Å². The molecule has 0 aromatic carbocycles. The fourth-order valence-electron chi connectivity index (χ4n) is 1.41. The lowest BCUT2D eigenvalue weighted by atomic mass is 10.1. The molecule has 5 heteroatoms. The van der Waals surface area contributed by atoms with Gasteiger partial charge >= 0.3 is 5.69 Å². The molecule has 15 heavy (non-hydrogen) atoms. The van der Waals surface area contributed by atoms with Crippen LogP contribution in [0.15, 0.2) is 15.7 Å². The molecule has 0 aliphatic heterocycles. The van der Waals surface area contributed by atoms with E-state index in [4.69, 9.17) is 4.74 Å². The van der Waals surface area contributed by atoms with Crippen molar-refractivity contribution in [1.82, 2.24) is 9.55 Å². The SMILES string of the molecule is COCc1cc(=O)n(C(C)(C)C)c(=O)[nH]1. The summed E-state index contributed by atoms with van der Waals surface area (Å²) >= 11 is 0. The number of aromatic nitrogens is 2. The summed E-state index contributed by atoms with van der Waals surface area (Å²) in [6.07, 6.45) is 0. The van der Waals surface area contributed by atoms with Crippen molar-refractivity contribution in [3.05, 3.63) is 32.6 Å². The van der Waals surface area contributed by atoms with Gasteiger partial charge in [-0.2, -0.15) is 0 Å². The molecule has 1 aromatic heterocycles. The molecule has 0 aliphatic carbocycles. The van der Waals surface area contributed by atoms with Gasteiger partial charge in [0.05, 0.1) is 12.3 Å². The van der Waals surface area contributed by atoms with Crippen LogP contribution in [0.25, 0.3) is 0 Å². The summed E-state index contributed by atoms with van der Waals surface area (Å²) in [6.45, 7) is 5.65. The first-order valence-electron chi connectivity index (χ1n) is 4.71. The van der Waals surface area contributed by atoms with Gasteiger partial charge in [0.2, 0.25) is 0 Å². The summed E-state index contributed by atoms with van der Waals surface area (Å²) in [7, 11) is 1.51. The molecule has 0 amide bonds. The number of H-pyrrole nitrogens is 1. The predicted octanol–water partition coefficient (Wildman–Crippen LogP) is 0.438.